The van der Waals surface area contributed by atoms with Crippen molar-refractivity contribution in [3.05, 3.63) is 59.1 Å². The molecule has 0 amide bonds. The van der Waals surface area contributed by atoms with Crippen LogP contribution in [0.1, 0.15) is 5.56 Å². The summed E-state index contributed by atoms with van der Waals surface area (Å²) in [4.78, 5) is 0.853. The average Bonchev–Trinajstić information content (AvgIpc) is 2.38. The van der Waals surface area contributed by atoms with Crippen molar-refractivity contribution in [2.75, 3.05) is 0 Å². The largest absolute Gasteiger partial charge is 0.488 e. The first-order valence-corrected chi connectivity index (χ1v) is 6.85. The van der Waals surface area contributed by atoms with Gasteiger partial charge in [-0.3, -0.25) is 0 Å². The zero-order chi connectivity index (χ0) is 13.0. The molecular formula is C13H12BClO2S. The molecule has 0 atom stereocenters. The highest BCUT2D eigenvalue weighted by Gasteiger charge is 2.13. The van der Waals surface area contributed by atoms with Crippen molar-refractivity contribution in [3.63, 3.8) is 0 Å². The number of rotatable bonds is 4. The third kappa shape index (κ3) is 3.53. The van der Waals surface area contributed by atoms with E-state index in [2.05, 4.69) is 0 Å². The molecule has 5 heteroatoms. The van der Waals surface area contributed by atoms with Crippen LogP contribution in [0.4, 0.5) is 0 Å². The summed E-state index contributed by atoms with van der Waals surface area (Å²) in [7, 11) is -1.46. The maximum atomic E-state index is 9.13. The minimum absolute atomic E-state index is 0.454. The van der Waals surface area contributed by atoms with Gasteiger partial charge in [0.05, 0.1) is 5.02 Å². The molecule has 0 aliphatic heterocycles. The van der Waals surface area contributed by atoms with E-state index in [4.69, 9.17) is 21.6 Å². The molecule has 2 nitrogen and oxygen atoms in total. The van der Waals surface area contributed by atoms with E-state index >= 15 is 0 Å². The molecule has 0 unspecified atom stereocenters. The summed E-state index contributed by atoms with van der Waals surface area (Å²) in [6.45, 7) is 0. The minimum Gasteiger partial charge on any atom is -0.423 e. The Bertz CT molecular complexity index is 520. The Morgan fingerprint density at radius 3 is 2.44 bits per heavy atom. The van der Waals surface area contributed by atoms with Gasteiger partial charge in [0, 0.05) is 10.6 Å². The van der Waals surface area contributed by atoms with E-state index in [1.54, 1.807) is 30.0 Å². The van der Waals surface area contributed by atoms with Gasteiger partial charge in [-0.15, -0.1) is 11.8 Å². The fraction of sp³-hybridized carbons (Fsp3) is 0.0769. The molecule has 0 bridgehead atoms. The average molecular weight is 279 g/mol. The molecule has 2 N–H and O–H groups in total. The molecule has 2 rings (SSSR count). The van der Waals surface area contributed by atoms with Crippen LogP contribution in [0.3, 0.4) is 0 Å². The van der Waals surface area contributed by atoms with Gasteiger partial charge in [-0.25, -0.2) is 0 Å². The predicted molar refractivity (Wildman–Crippen MR) is 77.3 cm³/mol. The van der Waals surface area contributed by atoms with Crippen LogP contribution in [-0.2, 0) is 5.75 Å². The van der Waals surface area contributed by atoms with Crippen LogP contribution in [0, 0.1) is 0 Å². The number of thioether (sulfide) groups is 1. The summed E-state index contributed by atoms with van der Waals surface area (Å²) >= 11 is 7.66. The summed E-state index contributed by atoms with van der Waals surface area (Å²) in [5.74, 6) is 0.797. The van der Waals surface area contributed by atoms with Crippen LogP contribution in [0.2, 0.25) is 5.02 Å². The number of hydrogen-bond acceptors (Lipinski definition) is 3. The molecular weight excluding hydrogens is 266 g/mol. The molecule has 18 heavy (non-hydrogen) atoms. The molecule has 0 aliphatic carbocycles. The van der Waals surface area contributed by atoms with Crippen molar-refractivity contribution in [1.29, 1.82) is 0 Å². The van der Waals surface area contributed by atoms with Gasteiger partial charge in [0.25, 0.3) is 0 Å². The van der Waals surface area contributed by atoms with E-state index in [9.17, 15) is 0 Å². The Morgan fingerprint density at radius 1 is 1.06 bits per heavy atom. The van der Waals surface area contributed by atoms with E-state index in [0.29, 0.717) is 10.5 Å². The number of halogens is 1. The van der Waals surface area contributed by atoms with Crippen LogP contribution >= 0.6 is 23.4 Å². The van der Waals surface area contributed by atoms with Crippen molar-refractivity contribution in [1.82, 2.24) is 0 Å². The fourth-order valence-corrected chi connectivity index (χ4v) is 2.75. The summed E-state index contributed by atoms with van der Waals surface area (Å²) in [5, 5.41) is 18.9. The van der Waals surface area contributed by atoms with Gasteiger partial charge in [-0.05, 0) is 23.2 Å². The van der Waals surface area contributed by atoms with Crippen molar-refractivity contribution >= 4 is 35.9 Å². The van der Waals surface area contributed by atoms with Gasteiger partial charge < -0.3 is 10.0 Å². The second-order valence-electron chi connectivity index (χ2n) is 3.84. The van der Waals surface area contributed by atoms with Gasteiger partial charge in [0.15, 0.2) is 0 Å². The summed E-state index contributed by atoms with van der Waals surface area (Å²) in [6.07, 6.45) is 0. The van der Waals surface area contributed by atoms with Crippen LogP contribution in [0.5, 0.6) is 0 Å². The van der Waals surface area contributed by atoms with E-state index in [0.717, 1.165) is 10.6 Å². The molecule has 2 aromatic carbocycles. The highest BCUT2D eigenvalue weighted by atomic mass is 35.5. The van der Waals surface area contributed by atoms with Gasteiger partial charge in [0.2, 0.25) is 0 Å². The normalized spacial score (nSPS) is 10.4. The van der Waals surface area contributed by atoms with Crippen molar-refractivity contribution in [3.8, 4) is 0 Å². The third-order valence-corrected chi connectivity index (χ3v) is 4.06. The molecule has 0 saturated carbocycles. The van der Waals surface area contributed by atoms with E-state index in [1.807, 2.05) is 30.3 Å². The second kappa shape index (κ2) is 6.30. The summed E-state index contributed by atoms with van der Waals surface area (Å²) in [6, 6.07) is 15.1. The third-order valence-electron chi connectivity index (χ3n) is 2.49. The van der Waals surface area contributed by atoms with Gasteiger partial charge in [-0.1, -0.05) is 48.0 Å². The maximum Gasteiger partial charge on any atom is 0.488 e. The fourth-order valence-electron chi connectivity index (χ4n) is 1.53. The van der Waals surface area contributed by atoms with E-state index < -0.39 is 7.12 Å². The number of benzene rings is 2. The van der Waals surface area contributed by atoms with Gasteiger partial charge in [-0.2, -0.15) is 0 Å². The minimum atomic E-state index is -1.46. The molecule has 92 valence electrons. The predicted octanol–water partition coefficient (Wildman–Crippen LogP) is 2.31. The Hall–Kier alpha value is -0.935. The molecule has 0 saturated heterocycles. The highest BCUT2D eigenvalue weighted by Crippen LogP contribution is 2.28. The Labute approximate surface area is 116 Å². The first kappa shape index (κ1) is 13.5. The van der Waals surface area contributed by atoms with Crippen molar-refractivity contribution in [2.45, 2.75) is 10.6 Å². The lowest BCUT2D eigenvalue weighted by Gasteiger charge is -2.07. The first-order chi connectivity index (χ1) is 8.66. The SMILES string of the molecule is OB(O)c1ccc(Cl)c(SCc2ccccc2)c1. The Balaban J connectivity index is 2.11. The zero-order valence-corrected chi connectivity index (χ0v) is 11.2. The van der Waals surface area contributed by atoms with Crippen LogP contribution < -0.4 is 5.46 Å². The Morgan fingerprint density at radius 2 is 1.78 bits per heavy atom. The van der Waals surface area contributed by atoms with Crippen molar-refractivity contribution in [2.24, 2.45) is 0 Å². The molecule has 0 radical (unpaired) electrons. The lowest BCUT2D eigenvalue weighted by atomic mass is 9.80. The number of hydrogen-bond donors (Lipinski definition) is 2. The van der Waals surface area contributed by atoms with Crippen LogP contribution in [0.25, 0.3) is 0 Å². The van der Waals surface area contributed by atoms with Gasteiger partial charge in [0.1, 0.15) is 0 Å². The summed E-state index contributed by atoms with van der Waals surface area (Å²) in [5.41, 5.74) is 1.66. The van der Waals surface area contributed by atoms with Gasteiger partial charge >= 0.3 is 7.12 Å². The topological polar surface area (TPSA) is 40.5 Å². The second-order valence-corrected chi connectivity index (χ2v) is 5.26. The molecule has 0 fully saturated rings. The standard InChI is InChI=1S/C13H12BClO2S/c15-12-7-6-11(14(16)17)8-13(12)18-9-10-4-2-1-3-5-10/h1-8,16-17H,9H2. The molecule has 2 aromatic rings. The van der Waals surface area contributed by atoms with Crippen LogP contribution in [-0.4, -0.2) is 17.2 Å². The van der Waals surface area contributed by atoms with E-state index in [1.165, 1.54) is 5.56 Å². The lowest BCUT2D eigenvalue weighted by Crippen LogP contribution is -2.29. The maximum absolute atomic E-state index is 9.13. The monoisotopic (exact) mass is 278 g/mol. The quantitative estimate of drug-likeness (QED) is 0.666. The molecule has 0 aliphatic rings. The molecule has 0 aromatic heterocycles. The van der Waals surface area contributed by atoms with Crippen molar-refractivity contribution < 1.29 is 10.0 Å². The Kier molecular flexibility index (Phi) is 4.72. The summed E-state index contributed by atoms with van der Waals surface area (Å²) < 4.78 is 0. The first-order valence-electron chi connectivity index (χ1n) is 5.49. The highest BCUT2D eigenvalue weighted by molar-refractivity contribution is 7.98. The molecule has 0 spiro atoms. The molecule has 0 heterocycles. The lowest BCUT2D eigenvalue weighted by molar-refractivity contribution is 0.425. The zero-order valence-electron chi connectivity index (χ0n) is 9.58. The smallest absolute Gasteiger partial charge is 0.423 e. The van der Waals surface area contributed by atoms with E-state index in [-0.39, 0.29) is 0 Å². The van der Waals surface area contributed by atoms with Crippen LogP contribution in [0.15, 0.2) is 53.4 Å².